The van der Waals surface area contributed by atoms with Crippen LogP contribution in [0.1, 0.15) is 21.5 Å². The Morgan fingerprint density at radius 1 is 1.04 bits per heavy atom. The van der Waals surface area contributed by atoms with Crippen molar-refractivity contribution in [1.82, 2.24) is 0 Å². The number of halogens is 1. The minimum Gasteiger partial charge on any atom is -0.304 e. The summed E-state index contributed by atoms with van der Waals surface area (Å²) in [4.78, 5) is 25.1. The molecule has 0 spiro atoms. The van der Waals surface area contributed by atoms with Crippen molar-refractivity contribution in [2.75, 3.05) is 4.90 Å². The molecule has 0 aromatic heterocycles. The Hall–Kier alpha value is -3.54. The molecule has 0 saturated carbocycles. The molecule has 0 aliphatic rings. The Balaban J connectivity index is 1.99. The van der Waals surface area contributed by atoms with Crippen LogP contribution in [0.2, 0.25) is 0 Å². The zero-order chi connectivity index (χ0) is 19.4. The van der Waals surface area contributed by atoms with E-state index in [1.165, 1.54) is 35.2 Å². The van der Waals surface area contributed by atoms with Crippen LogP contribution in [0, 0.1) is 22.9 Å². The summed E-state index contributed by atoms with van der Waals surface area (Å²) in [6.07, 6.45) is 0. The lowest BCUT2D eigenvalue weighted by Crippen LogP contribution is -2.30. The summed E-state index contributed by atoms with van der Waals surface area (Å²) in [7, 11) is 0. The number of non-ortho nitro benzene ring substituents is 1. The van der Waals surface area contributed by atoms with Crippen molar-refractivity contribution in [3.8, 4) is 0 Å². The first-order valence-corrected chi connectivity index (χ1v) is 8.31. The number of anilines is 1. The van der Waals surface area contributed by atoms with Gasteiger partial charge < -0.3 is 4.90 Å². The predicted octanol–water partition coefficient (Wildman–Crippen LogP) is 4.89. The number of nitro groups is 1. The van der Waals surface area contributed by atoms with Crippen LogP contribution in [0.15, 0.2) is 72.8 Å². The first-order chi connectivity index (χ1) is 12.9. The van der Waals surface area contributed by atoms with Gasteiger partial charge in [-0.2, -0.15) is 0 Å². The average Bonchev–Trinajstić information content (AvgIpc) is 2.68. The van der Waals surface area contributed by atoms with Crippen molar-refractivity contribution in [3.05, 3.63) is 105 Å². The van der Waals surface area contributed by atoms with E-state index in [4.69, 9.17) is 0 Å². The topological polar surface area (TPSA) is 63.5 Å². The minimum atomic E-state index is -0.535. The van der Waals surface area contributed by atoms with Gasteiger partial charge in [0.2, 0.25) is 0 Å². The quantitative estimate of drug-likeness (QED) is 0.478. The highest BCUT2D eigenvalue weighted by molar-refractivity contribution is 6.06. The molecule has 3 rings (SSSR count). The fraction of sp³-hybridized carbons (Fsp3) is 0.0952. The van der Waals surface area contributed by atoms with Gasteiger partial charge >= 0.3 is 0 Å². The summed E-state index contributed by atoms with van der Waals surface area (Å²) in [6, 6.07) is 18.9. The van der Waals surface area contributed by atoms with Crippen LogP contribution in [0.3, 0.4) is 0 Å². The molecule has 0 heterocycles. The molecule has 0 unspecified atom stereocenters. The van der Waals surface area contributed by atoms with E-state index >= 15 is 0 Å². The fourth-order valence-corrected chi connectivity index (χ4v) is 2.69. The largest absolute Gasteiger partial charge is 0.304 e. The lowest BCUT2D eigenvalue weighted by Gasteiger charge is -2.23. The highest BCUT2D eigenvalue weighted by Gasteiger charge is 2.20. The molecular weight excluding hydrogens is 347 g/mol. The summed E-state index contributed by atoms with van der Waals surface area (Å²) in [5, 5.41) is 11.0. The SMILES string of the molecule is Cc1ccc(N(Cc2ccc(F)cc2)C(=O)c2cccc([N+](=O)[O-])c2)cc1. The molecule has 5 nitrogen and oxygen atoms in total. The van der Waals surface area contributed by atoms with E-state index in [-0.39, 0.29) is 29.5 Å². The molecule has 0 bridgehead atoms. The molecular formula is C21H17FN2O3. The van der Waals surface area contributed by atoms with E-state index < -0.39 is 4.92 Å². The van der Waals surface area contributed by atoms with Gasteiger partial charge in [0.05, 0.1) is 11.5 Å². The molecule has 0 fully saturated rings. The van der Waals surface area contributed by atoms with Gasteiger partial charge in [0.15, 0.2) is 0 Å². The van der Waals surface area contributed by atoms with Crippen molar-refractivity contribution >= 4 is 17.3 Å². The molecule has 0 aliphatic carbocycles. The van der Waals surface area contributed by atoms with Crippen molar-refractivity contribution in [3.63, 3.8) is 0 Å². The zero-order valence-electron chi connectivity index (χ0n) is 14.6. The summed E-state index contributed by atoms with van der Waals surface area (Å²) >= 11 is 0. The van der Waals surface area contributed by atoms with Crippen LogP contribution in [0.5, 0.6) is 0 Å². The molecule has 0 aliphatic heterocycles. The third-order valence-electron chi connectivity index (χ3n) is 4.15. The number of nitro benzene ring substituents is 1. The van der Waals surface area contributed by atoms with E-state index in [1.54, 1.807) is 18.2 Å². The predicted molar refractivity (Wildman–Crippen MR) is 101 cm³/mol. The molecule has 0 atom stereocenters. The number of carbonyl (C=O) groups excluding carboxylic acids is 1. The maximum absolute atomic E-state index is 13.2. The van der Waals surface area contributed by atoms with Crippen molar-refractivity contribution < 1.29 is 14.1 Å². The third-order valence-corrected chi connectivity index (χ3v) is 4.15. The smallest absolute Gasteiger partial charge is 0.270 e. The normalized spacial score (nSPS) is 10.4. The Labute approximate surface area is 155 Å². The molecule has 0 N–H and O–H groups in total. The zero-order valence-corrected chi connectivity index (χ0v) is 14.6. The average molecular weight is 364 g/mol. The van der Waals surface area contributed by atoms with Gasteiger partial charge in [0, 0.05) is 23.4 Å². The maximum Gasteiger partial charge on any atom is 0.270 e. The van der Waals surface area contributed by atoms with E-state index in [1.807, 2.05) is 31.2 Å². The summed E-state index contributed by atoms with van der Waals surface area (Å²) in [6.45, 7) is 2.15. The fourth-order valence-electron chi connectivity index (χ4n) is 2.69. The Morgan fingerprint density at radius 3 is 2.33 bits per heavy atom. The third kappa shape index (κ3) is 4.36. The molecule has 6 heteroatoms. The van der Waals surface area contributed by atoms with Gasteiger partial charge in [-0.15, -0.1) is 0 Å². The maximum atomic E-state index is 13.2. The van der Waals surface area contributed by atoms with Gasteiger partial charge in [-0.3, -0.25) is 14.9 Å². The highest BCUT2D eigenvalue weighted by atomic mass is 19.1. The lowest BCUT2D eigenvalue weighted by atomic mass is 10.1. The van der Waals surface area contributed by atoms with Gasteiger partial charge in [0.1, 0.15) is 5.82 Å². The Kier molecular flexibility index (Phi) is 5.26. The molecule has 3 aromatic carbocycles. The number of rotatable bonds is 5. The molecule has 0 saturated heterocycles. The van der Waals surface area contributed by atoms with Gasteiger partial charge in [-0.05, 0) is 42.8 Å². The van der Waals surface area contributed by atoms with E-state index in [2.05, 4.69) is 0 Å². The van der Waals surface area contributed by atoms with Crippen LogP contribution in [0.4, 0.5) is 15.8 Å². The van der Waals surface area contributed by atoms with Gasteiger partial charge in [-0.25, -0.2) is 4.39 Å². The number of benzene rings is 3. The monoisotopic (exact) mass is 364 g/mol. The second-order valence-corrected chi connectivity index (χ2v) is 6.16. The standard InChI is InChI=1S/C21H17FN2O3/c1-15-5-11-19(12-6-15)23(14-16-7-9-18(22)10-8-16)21(25)17-3-2-4-20(13-17)24(26)27/h2-13H,14H2,1H3. The van der Waals surface area contributed by atoms with Crippen LogP contribution in [-0.4, -0.2) is 10.8 Å². The van der Waals surface area contributed by atoms with E-state index in [9.17, 15) is 19.3 Å². The number of hydrogen-bond donors (Lipinski definition) is 0. The number of hydrogen-bond acceptors (Lipinski definition) is 3. The Bertz CT molecular complexity index is 969. The highest BCUT2D eigenvalue weighted by Crippen LogP contribution is 2.23. The molecule has 1 amide bonds. The van der Waals surface area contributed by atoms with Crippen molar-refractivity contribution in [2.24, 2.45) is 0 Å². The van der Waals surface area contributed by atoms with Crippen LogP contribution in [0.25, 0.3) is 0 Å². The van der Waals surface area contributed by atoms with E-state index in [0.29, 0.717) is 5.69 Å². The second-order valence-electron chi connectivity index (χ2n) is 6.16. The first kappa shape index (κ1) is 18.3. The molecule has 0 radical (unpaired) electrons. The van der Waals surface area contributed by atoms with E-state index in [0.717, 1.165) is 11.1 Å². The molecule has 3 aromatic rings. The minimum absolute atomic E-state index is 0.147. The van der Waals surface area contributed by atoms with Gasteiger partial charge in [-0.1, -0.05) is 35.9 Å². The van der Waals surface area contributed by atoms with Crippen molar-refractivity contribution in [1.29, 1.82) is 0 Å². The number of amides is 1. The van der Waals surface area contributed by atoms with Crippen molar-refractivity contribution in [2.45, 2.75) is 13.5 Å². The van der Waals surface area contributed by atoms with Crippen LogP contribution in [-0.2, 0) is 6.54 Å². The molecule has 27 heavy (non-hydrogen) atoms. The second kappa shape index (κ2) is 7.78. The Morgan fingerprint density at radius 2 is 1.70 bits per heavy atom. The number of nitrogens with zero attached hydrogens (tertiary/aromatic N) is 2. The number of aryl methyl sites for hydroxylation is 1. The van der Waals surface area contributed by atoms with Crippen LogP contribution < -0.4 is 4.90 Å². The lowest BCUT2D eigenvalue weighted by molar-refractivity contribution is -0.384. The summed E-state index contributed by atoms with van der Waals surface area (Å²) in [5.41, 5.74) is 2.51. The number of carbonyl (C=O) groups is 1. The van der Waals surface area contributed by atoms with Crippen LogP contribution >= 0.6 is 0 Å². The first-order valence-electron chi connectivity index (χ1n) is 8.31. The summed E-state index contributed by atoms with van der Waals surface area (Å²) < 4.78 is 13.2. The summed E-state index contributed by atoms with van der Waals surface area (Å²) in [5.74, 6) is -0.725. The molecule has 136 valence electrons. The van der Waals surface area contributed by atoms with Gasteiger partial charge in [0.25, 0.3) is 11.6 Å².